The van der Waals surface area contributed by atoms with E-state index in [0.29, 0.717) is 12.0 Å². The van der Waals surface area contributed by atoms with Gasteiger partial charge in [-0.3, -0.25) is 9.59 Å². The van der Waals surface area contributed by atoms with Crippen LogP contribution in [0.3, 0.4) is 0 Å². The normalized spacial score (nSPS) is 12.1. The van der Waals surface area contributed by atoms with Gasteiger partial charge in [0.1, 0.15) is 0 Å². The molecule has 0 heterocycles. The third-order valence-electron chi connectivity index (χ3n) is 3.85. The zero-order valence-electron chi connectivity index (χ0n) is 14.7. The van der Waals surface area contributed by atoms with Crippen LogP contribution in [0.25, 0.3) is 0 Å². The quantitative estimate of drug-likeness (QED) is 0.468. The molecule has 0 fully saturated rings. The van der Waals surface area contributed by atoms with E-state index in [-0.39, 0.29) is 11.8 Å². The highest BCUT2D eigenvalue weighted by Gasteiger charge is 2.15. The maximum atomic E-state index is 12.1. The fourth-order valence-corrected chi connectivity index (χ4v) is 2.24. The van der Waals surface area contributed by atoms with Crippen molar-refractivity contribution in [3.05, 3.63) is 35.4 Å². The average Bonchev–Trinajstić information content (AvgIpc) is 2.54. The maximum absolute atomic E-state index is 12.1. The highest BCUT2D eigenvalue weighted by Crippen LogP contribution is 2.11. The molecular weight excluding hydrogens is 308 g/mol. The van der Waals surface area contributed by atoms with Crippen LogP contribution in [0.1, 0.15) is 48.5 Å². The van der Waals surface area contributed by atoms with E-state index in [1.54, 1.807) is 25.1 Å². The first-order chi connectivity index (χ1) is 11.3. The maximum Gasteiger partial charge on any atom is 0.251 e. The average molecular weight is 336 g/mol. The van der Waals surface area contributed by atoms with Crippen LogP contribution in [0.5, 0.6) is 0 Å². The van der Waals surface area contributed by atoms with Crippen molar-refractivity contribution < 1.29 is 19.8 Å². The molecule has 0 aliphatic rings. The lowest BCUT2D eigenvalue weighted by Crippen LogP contribution is -2.40. The van der Waals surface area contributed by atoms with Gasteiger partial charge >= 0.3 is 0 Å². The predicted octanol–water partition coefficient (Wildman–Crippen LogP) is 1.31. The van der Waals surface area contributed by atoms with Crippen molar-refractivity contribution in [2.75, 3.05) is 14.1 Å². The van der Waals surface area contributed by atoms with Gasteiger partial charge in [0.2, 0.25) is 5.91 Å². The number of benzene rings is 1. The van der Waals surface area contributed by atoms with Crippen LogP contribution < -0.4 is 5.32 Å². The first-order valence-corrected chi connectivity index (χ1v) is 8.27. The molecule has 0 aliphatic heterocycles. The summed E-state index contributed by atoms with van der Waals surface area (Å²) in [5.74, 6) is -0.178. The van der Waals surface area contributed by atoms with Crippen LogP contribution in [-0.4, -0.2) is 53.4 Å². The van der Waals surface area contributed by atoms with E-state index in [1.165, 1.54) is 6.92 Å². The molecule has 0 saturated carbocycles. The van der Waals surface area contributed by atoms with Crippen molar-refractivity contribution in [1.82, 2.24) is 10.2 Å². The third kappa shape index (κ3) is 7.10. The summed E-state index contributed by atoms with van der Waals surface area (Å²) < 4.78 is 0. The molecule has 1 atom stereocenters. The number of hydrogen-bond donors (Lipinski definition) is 3. The van der Waals surface area contributed by atoms with Crippen LogP contribution in [0.4, 0.5) is 0 Å². The summed E-state index contributed by atoms with van der Waals surface area (Å²) in [6, 6.07) is 6.57. The van der Waals surface area contributed by atoms with Crippen molar-refractivity contribution in [3.63, 3.8) is 0 Å². The largest absolute Gasteiger partial charge is 0.366 e. The molecule has 0 bridgehead atoms. The van der Waals surface area contributed by atoms with Crippen molar-refractivity contribution in [3.8, 4) is 0 Å². The van der Waals surface area contributed by atoms with Gasteiger partial charge in [-0.2, -0.15) is 0 Å². The molecule has 0 spiro atoms. The summed E-state index contributed by atoms with van der Waals surface area (Å²) in [6.07, 6.45) is 2.61. The molecule has 0 saturated heterocycles. The third-order valence-corrected chi connectivity index (χ3v) is 3.85. The number of nitrogens with zero attached hydrogens (tertiary/aromatic N) is 1. The lowest BCUT2D eigenvalue weighted by atomic mass is 10.0. The molecule has 6 heteroatoms. The Hall–Kier alpha value is -1.92. The smallest absolute Gasteiger partial charge is 0.251 e. The van der Waals surface area contributed by atoms with Crippen LogP contribution in [0.15, 0.2) is 24.3 Å². The van der Waals surface area contributed by atoms with E-state index >= 15 is 0 Å². The zero-order chi connectivity index (χ0) is 18.1. The molecule has 1 aromatic rings. The molecular formula is C18H28N2O4. The molecule has 6 nitrogen and oxygen atoms in total. The Labute approximate surface area is 143 Å². The summed E-state index contributed by atoms with van der Waals surface area (Å²) in [6.45, 7) is 1.53. The molecule has 0 aliphatic carbocycles. The molecule has 3 N–H and O–H groups in total. The Bertz CT molecular complexity index is 544. The highest BCUT2D eigenvalue weighted by atomic mass is 16.5. The minimum absolute atomic E-state index is 0.147. The van der Waals surface area contributed by atoms with Crippen molar-refractivity contribution in [2.45, 2.75) is 51.4 Å². The van der Waals surface area contributed by atoms with E-state index in [1.807, 2.05) is 18.2 Å². The van der Waals surface area contributed by atoms with Gasteiger partial charge in [-0.1, -0.05) is 18.6 Å². The van der Waals surface area contributed by atoms with Gasteiger partial charge in [-0.15, -0.1) is 0 Å². The standard InChI is InChI=1S/C18H28N2O4/c1-13(18(23)24)19-17(22)15-10-7-9-14(12-15)8-5-4-6-11-16(21)20(2)3/h7,9-10,12-13,18,23-24H,4-6,8,11H2,1-3H3,(H,19,22)/t13-/m0/s1. The van der Waals surface area contributed by atoms with Gasteiger partial charge < -0.3 is 20.4 Å². The van der Waals surface area contributed by atoms with E-state index in [0.717, 1.165) is 31.2 Å². The Balaban J connectivity index is 2.42. The van der Waals surface area contributed by atoms with Crippen LogP contribution in [-0.2, 0) is 11.2 Å². The second kappa shape index (κ2) is 10.1. The van der Waals surface area contributed by atoms with E-state index in [9.17, 15) is 9.59 Å². The number of amides is 2. The number of aliphatic hydroxyl groups excluding tert-OH is 1. The molecule has 2 amide bonds. The molecule has 0 aromatic heterocycles. The number of hydrogen-bond acceptors (Lipinski definition) is 4. The predicted molar refractivity (Wildman–Crippen MR) is 92.5 cm³/mol. The van der Waals surface area contributed by atoms with Crippen molar-refractivity contribution in [2.24, 2.45) is 0 Å². The molecule has 1 rings (SSSR count). The zero-order valence-corrected chi connectivity index (χ0v) is 14.7. The molecule has 1 aromatic carbocycles. The first-order valence-electron chi connectivity index (χ1n) is 8.27. The topological polar surface area (TPSA) is 89.9 Å². The number of carbonyl (C=O) groups is 2. The van der Waals surface area contributed by atoms with Crippen LogP contribution in [0, 0.1) is 0 Å². The summed E-state index contributed by atoms with van der Waals surface area (Å²) in [7, 11) is 3.52. The summed E-state index contributed by atoms with van der Waals surface area (Å²) >= 11 is 0. The Kier molecular flexibility index (Phi) is 8.43. The van der Waals surface area contributed by atoms with Gasteiger partial charge in [0.25, 0.3) is 5.91 Å². The summed E-state index contributed by atoms with van der Waals surface area (Å²) in [4.78, 5) is 25.1. The minimum Gasteiger partial charge on any atom is -0.366 e. The monoisotopic (exact) mass is 336 g/mol. The molecule has 134 valence electrons. The number of nitrogens with one attached hydrogen (secondary N) is 1. The number of unbranched alkanes of at least 4 members (excludes halogenated alkanes) is 2. The van der Waals surface area contributed by atoms with Gasteiger partial charge in [0.15, 0.2) is 6.29 Å². The van der Waals surface area contributed by atoms with Crippen molar-refractivity contribution in [1.29, 1.82) is 0 Å². The molecule has 0 unspecified atom stereocenters. The number of rotatable bonds is 9. The number of aryl methyl sites for hydroxylation is 1. The fourth-order valence-electron chi connectivity index (χ4n) is 2.24. The second-order valence-corrected chi connectivity index (χ2v) is 6.22. The Morgan fingerprint density at radius 3 is 2.50 bits per heavy atom. The fraction of sp³-hybridized carbons (Fsp3) is 0.556. The van der Waals surface area contributed by atoms with Crippen LogP contribution in [0.2, 0.25) is 0 Å². The molecule has 0 radical (unpaired) electrons. The van der Waals surface area contributed by atoms with E-state index < -0.39 is 12.3 Å². The number of aliphatic hydroxyl groups is 2. The lowest BCUT2D eigenvalue weighted by Gasteiger charge is -2.15. The summed E-state index contributed by atoms with van der Waals surface area (Å²) in [5, 5.41) is 20.6. The van der Waals surface area contributed by atoms with Gasteiger partial charge in [0, 0.05) is 26.1 Å². The summed E-state index contributed by atoms with van der Waals surface area (Å²) in [5.41, 5.74) is 1.56. The van der Waals surface area contributed by atoms with Gasteiger partial charge in [-0.25, -0.2) is 0 Å². The lowest BCUT2D eigenvalue weighted by molar-refractivity contribution is -0.128. The second-order valence-electron chi connectivity index (χ2n) is 6.22. The minimum atomic E-state index is -1.58. The Morgan fingerprint density at radius 2 is 1.88 bits per heavy atom. The highest BCUT2D eigenvalue weighted by molar-refractivity contribution is 5.94. The number of carbonyl (C=O) groups excluding carboxylic acids is 2. The Morgan fingerprint density at radius 1 is 1.17 bits per heavy atom. The van der Waals surface area contributed by atoms with Crippen molar-refractivity contribution >= 4 is 11.8 Å². The molecule has 24 heavy (non-hydrogen) atoms. The van der Waals surface area contributed by atoms with Gasteiger partial charge in [-0.05, 0) is 43.9 Å². The SMILES string of the molecule is C[C@H](NC(=O)c1cccc(CCCCCC(=O)N(C)C)c1)C(O)O. The van der Waals surface area contributed by atoms with E-state index in [4.69, 9.17) is 10.2 Å². The van der Waals surface area contributed by atoms with Crippen LogP contribution >= 0.6 is 0 Å². The first kappa shape index (κ1) is 20.1. The van der Waals surface area contributed by atoms with E-state index in [2.05, 4.69) is 5.32 Å². The van der Waals surface area contributed by atoms with Gasteiger partial charge in [0.05, 0.1) is 6.04 Å².